The first-order chi connectivity index (χ1) is 14.9. The fourth-order valence-corrected chi connectivity index (χ4v) is 4.37. The summed E-state index contributed by atoms with van der Waals surface area (Å²) in [6.45, 7) is 1.10. The molecule has 1 amide bonds. The summed E-state index contributed by atoms with van der Waals surface area (Å²) in [7, 11) is -3.65. The van der Waals surface area contributed by atoms with Crippen molar-refractivity contribution in [1.82, 2.24) is 9.62 Å². The van der Waals surface area contributed by atoms with Gasteiger partial charge in [0.15, 0.2) is 6.61 Å². The van der Waals surface area contributed by atoms with E-state index in [1.165, 1.54) is 40.7 Å². The number of hydrogen-bond acceptors (Lipinski definition) is 6. The third-order valence-electron chi connectivity index (χ3n) is 4.68. The third kappa shape index (κ3) is 6.33. The highest BCUT2D eigenvalue weighted by Crippen LogP contribution is 2.18. The molecule has 2 aromatic rings. The molecule has 0 bridgehead atoms. The molecule has 3 rings (SSSR count). The van der Waals surface area contributed by atoms with Gasteiger partial charge in [0.2, 0.25) is 10.0 Å². The van der Waals surface area contributed by atoms with Crippen molar-refractivity contribution >= 4 is 21.9 Å². The van der Waals surface area contributed by atoms with Gasteiger partial charge in [-0.25, -0.2) is 17.6 Å². The molecule has 8 nitrogen and oxygen atoms in total. The van der Waals surface area contributed by atoms with E-state index in [4.69, 9.17) is 9.47 Å². The van der Waals surface area contributed by atoms with E-state index < -0.39 is 28.5 Å². The largest absolute Gasteiger partial charge is 0.452 e. The van der Waals surface area contributed by atoms with Crippen LogP contribution in [0.2, 0.25) is 0 Å². The predicted molar refractivity (Wildman–Crippen MR) is 109 cm³/mol. The van der Waals surface area contributed by atoms with Crippen molar-refractivity contribution in [3.05, 3.63) is 65.5 Å². The number of benzene rings is 2. The summed E-state index contributed by atoms with van der Waals surface area (Å²) in [5.41, 5.74) is 1.01. The van der Waals surface area contributed by atoms with Gasteiger partial charge in [0, 0.05) is 19.6 Å². The molecule has 1 saturated heterocycles. The van der Waals surface area contributed by atoms with Crippen molar-refractivity contribution in [3.8, 4) is 0 Å². The summed E-state index contributed by atoms with van der Waals surface area (Å²) < 4.78 is 49.5. The number of amides is 1. The minimum Gasteiger partial charge on any atom is -0.452 e. The van der Waals surface area contributed by atoms with Gasteiger partial charge in [-0.1, -0.05) is 12.1 Å². The Morgan fingerprint density at radius 2 is 1.68 bits per heavy atom. The smallest absolute Gasteiger partial charge is 0.338 e. The second kappa shape index (κ2) is 10.5. The number of nitrogens with zero attached hydrogens (tertiary/aromatic N) is 1. The molecule has 10 heteroatoms. The van der Waals surface area contributed by atoms with Crippen LogP contribution in [0.1, 0.15) is 15.9 Å². The van der Waals surface area contributed by atoms with Gasteiger partial charge in [-0.3, -0.25) is 4.79 Å². The van der Waals surface area contributed by atoms with Crippen LogP contribution in [0.5, 0.6) is 0 Å². The van der Waals surface area contributed by atoms with E-state index in [9.17, 15) is 22.4 Å². The molecular formula is C21H23FN2O6S. The fraction of sp³-hybridized carbons (Fsp3) is 0.333. The quantitative estimate of drug-likeness (QED) is 0.610. The molecule has 0 atom stereocenters. The normalized spacial score (nSPS) is 14.7. The van der Waals surface area contributed by atoms with Crippen LogP contribution in [0.15, 0.2) is 53.4 Å². The van der Waals surface area contributed by atoms with Gasteiger partial charge in [-0.2, -0.15) is 4.31 Å². The van der Waals surface area contributed by atoms with Crippen LogP contribution < -0.4 is 5.32 Å². The lowest BCUT2D eigenvalue weighted by atomic mass is 10.1. The van der Waals surface area contributed by atoms with Gasteiger partial charge >= 0.3 is 5.97 Å². The number of carbonyl (C=O) groups is 2. The van der Waals surface area contributed by atoms with Crippen molar-refractivity contribution in [2.45, 2.75) is 11.3 Å². The molecular weight excluding hydrogens is 427 g/mol. The van der Waals surface area contributed by atoms with E-state index in [0.29, 0.717) is 26.2 Å². The van der Waals surface area contributed by atoms with E-state index in [1.54, 1.807) is 12.1 Å². The Bertz CT molecular complexity index is 1000. The lowest BCUT2D eigenvalue weighted by Gasteiger charge is -2.26. The lowest BCUT2D eigenvalue weighted by Crippen LogP contribution is -2.40. The highest BCUT2D eigenvalue weighted by molar-refractivity contribution is 7.89. The number of sulfonamides is 1. The minimum absolute atomic E-state index is 0.0736. The molecule has 2 aromatic carbocycles. The van der Waals surface area contributed by atoms with Crippen LogP contribution in [-0.4, -0.2) is 64.1 Å². The van der Waals surface area contributed by atoms with Gasteiger partial charge < -0.3 is 14.8 Å². The fourth-order valence-electron chi connectivity index (χ4n) is 2.96. The van der Waals surface area contributed by atoms with E-state index in [0.717, 1.165) is 5.56 Å². The molecule has 0 aliphatic carbocycles. The van der Waals surface area contributed by atoms with Crippen LogP contribution in [0, 0.1) is 5.82 Å². The second-order valence-electron chi connectivity index (χ2n) is 6.84. The molecule has 0 aromatic heterocycles. The number of morpholine rings is 1. The van der Waals surface area contributed by atoms with Gasteiger partial charge in [-0.05, 0) is 48.4 Å². The molecule has 0 spiro atoms. The number of esters is 1. The second-order valence-corrected chi connectivity index (χ2v) is 8.78. The number of carbonyl (C=O) groups excluding carboxylic acids is 2. The Hall–Kier alpha value is -2.82. The van der Waals surface area contributed by atoms with Gasteiger partial charge in [0.25, 0.3) is 5.91 Å². The molecule has 1 aliphatic heterocycles. The Balaban J connectivity index is 1.45. The van der Waals surface area contributed by atoms with Crippen LogP contribution in [0.3, 0.4) is 0 Å². The summed E-state index contributed by atoms with van der Waals surface area (Å²) in [4.78, 5) is 24.0. The van der Waals surface area contributed by atoms with Crippen molar-refractivity contribution in [2.75, 3.05) is 39.5 Å². The Labute approximate surface area is 180 Å². The molecule has 0 unspecified atom stereocenters. The number of rotatable bonds is 8. The summed E-state index contributed by atoms with van der Waals surface area (Å²) in [5, 5.41) is 2.61. The highest BCUT2D eigenvalue weighted by atomic mass is 32.2. The Kier molecular flexibility index (Phi) is 7.72. The number of nitrogens with one attached hydrogen (secondary N) is 1. The van der Waals surface area contributed by atoms with Gasteiger partial charge in [0.1, 0.15) is 5.82 Å². The van der Waals surface area contributed by atoms with Crippen molar-refractivity contribution in [1.29, 1.82) is 0 Å². The molecule has 0 radical (unpaired) electrons. The van der Waals surface area contributed by atoms with Crippen LogP contribution in [0.4, 0.5) is 4.39 Å². The Morgan fingerprint density at radius 3 is 2.32 bits per heavy atom. The van der Waals surface area contributed by atoms with Crippen molar-refractivity contribution < 1.29 is 31.9 Å². The SMILES string of the molecule is O=C(COC(=O)c1ccc(S(=O)(=O)N2CCOCC2)cc1)NCCc1ccc(F)cc1. The van der Waals surface area contributed by atoms with Gasteiger partial charge in [0.05, 0.1) is 23.7 Å². The molecule has 1 N–H and O–H groups in total. The van der Waals surface area contributed by atoms with Crippen molar-refractivity contribution in [3.63, 3.8) is 0 Å². The lowest BCUT2D eigenvalue weighted by molar-refractivity contribution is -0.124. The van der Waals surface area contributed by atoms with Crippen LogP contribution >= 0.6 is 0 Å². The van der Waals surface area contributed by atoms with E-state index >= 15 is 0 Å². The molecule has 1 fully saturated rings. The van der Waals surface area contributed by atoms with Crippen LogP contribution in [0.25, 0.3) is 0 Å². The average Bonchev–Trinajstić information content (AvgIpc) is 2.79. The molecule has 1 heterocycles. The summed E-state index contributed by atoms with van der Waals surface area (Å²) in [5.74, 6) is -1.53. The maximum absolute atomic E-state index is 12.9. The Morgan fingerprint density at radius 1 is 1.03 bits per heavy atom. The molecule has 0 saturated carbocycles. The zero-order chi connectivity index (χ0) is 22.3. The average molecular weight is 450 g/mol. The molecule has 166 valence electrons. The van der Waals surface area contributed by atoms with Crippen LogP contribution in [-0.2, 0) is 30.7 Å². The zero-order valence-corrected chi connectivity index (χ0v) is 17.6. The van der Waals surface area contributed by atoms with Gasteiger partial charge in [-0.15, -0.1) is 0 Å². The summed E-state index contributed by atoms with van der Waals surface area (Å²) in [6, 6.07) is 11.3. The monoisotopic (exact) mass is 450 g/mol. The topological polar surface area (TPSA) is 102 Å². The first-order valence-corrected chi connectivity index (χ1v) is 11.2. The maximum atomic E-state index is 12.9. The summed E-state index contributed by atoms with van der Waals surface area (Å²) >= 11 is 0. The predicted octanol–water partition coefficient (Wildman–Crippen LogP) is 1.36. The highest BCUT2D eigenvalue weighted by Gasteiger charge is 2.26. The molecule has 1 aliphatic rings. The first-order valence-electron chi connectivity index (χ1n) is 9.72. The molecule has 31 heavy (non-hydrogen) atoms. The van der Waals surface area contributed by atoms with E-state index in [-0.39, 0.29) is 29.4 Å². The zero-order valence-electron chi connectivity index (χ0n) is 16.8. The third-order valence-corrected chi connectivity index (χ3v) is 6.59. The number of halogens is 1. The number of ether oxygens (including phenoxy) is 2. The first kappa shape index (κ1) is 22.9. The maximum Gasteiger partial charge on any atom is 0.338 e. The van der Waals surface area contributed by atoms with Crippen molar-refractivity contribution in [2.24, 2.45) is 0 Å². The number of hydrogen-bond donors (Lipinski definition) is 1. The van der Waals surface area contributed by atoms with E-state index in [2.05, 4.69) is 5.32 Å². The summed E-state index contributed by atoms with van der Waals surface area (Å²) in [6.07, 6.45) is 0.513. The standard InChI is InChI=1S/C21H23FN2O6S/c22-18-5-1-16(2-6-18)9-10-23-20(25)15-30-21(26)17-3-7-19(8-4-17)31(27,28)24-11-13-29-14-12-24/h1-8H,9-15H2,(H,23,25). The minimum atomic E-state index is -3.65. The van der Waals surface area contributed by atoms with E-state index in [1.807, 2.05) is 0 Å².